The van der Waals surface area contributed by atoms with Gasteiger partial charge in [-0.3, -0.25) is 4.79 Å². The minimum Gasteiger partial charge on any atom is -0.480 e. The molecule has 0 saturated carbocycles. The van der Waals surface area contributed by atoms with E-state index in [1.165, 1.54) is 26.0 Å². The molecule has 1 aromatic rings. The fraction of sp³-hybridized carbons (Fsp3) is 0.647. The molecular weight excluding hydrogens is 358 g/mol. The molecule has 2 fully saturated rings. The number of hydrogen-bond acceptors (Lipinski definition) is 4. The van der Waals surface area contributed by atoms with Gasteiger partial charge in [0, 0.05) is 32.9 Å². The highest BCUT2D eigenvalue weighted by atomic mass is 32.2. The maximum atomic E-state index is 12.9. The van der Waals surface area contributed by atoms with E-state index in [9.17, 15) is 23.1 Å². The van der Waals surface area contributed by atoms with Gasteiger partial charge in [0.25, 0.3) is 5.91 Å². The first-order valence-corrected chi connectivity index (χ1v) is 10.5. The van der Waals surface area contributed by atoms with Crippen LogP contribution in [0.2, 0.25) is 0 Å². The number of aromatic nitrogens is 1. The number of amides is 1. The fourth-order valence-electron chi connectivity index (χ4n) is 3.72. The predicted octanol–water partition coefficient (Wildman–Crippen LogP) is 1.28. The number of carboxylic acids is 1. The first-order chi connectivity index (χ1) is 12.3. The smallest absolute Gasteiger partial charge is 0.326 e. The molecular formula is C17H25N3O5S. The normalized spacial score (nSPS) is 22.3. The molecule has 0 aliphatic carbocycles. The van der Waals surface area contributed by atoms with Gasteiger partial charge in [-0.15, -0.1) is 0 Å². The summed E-state index contributed by atoms with van der Waals surface area (Å²) in [7, 11) is -2.02. The van der Waals surface area contributed by atoms with Gasteiger partial charge in [-0.25, -0.2) is 13.2 Å². The zero-order chi connectivity index (χ0) is 18.9. The summed E-state index contributed by atoms with van der Waals surface area (Å²) in [4.78, 5) is 25.8. The van der Waals surface area contributed by atoms with Gasteiger partial charge in [-0.2, -0.15) is 4.31 Å². The van der Waals surface area contributed by atoms with Crippen molar-refractivity contribution >= 4 is 21.9 Å². The van der Waals surface area contributed by atoms with Crippen molar-refractivity contribution < 1.29 is 23.1 Å². The van der Waals surface area contributed by atoms with E-state index in [2.05, 4.69) is 0 Å². The first-order valence-electron chi connectivity index (χ1n) is 9.02. The maximum Gasteiger partial charge on any atom is 0.326 e. The van der Waals surface area contributed by atoms with Crippen LogP contribution in [0.3, 0.4) is 0 Å². The number of carbonyl (C=O) groups excluding carboxylic acids is 1. The number of aliphatic carboxylic acids is 1. The van der Waals surface area contributed by atoms with Crippen LogP contribution in [0.25, 0.3) is 0 Å². The molecule has 0 spiro atoms. The quantitative estimate of drug-likeness (QED) is 0.844. The van der Waals surface area contributed by atoms with E-state index in [1.54, 1.807) is 7.05 Å². The van der Waals surface area contributed by atoms with Crippen molar-refractivity contribution in [2.24, 2.45) is 7.05 Å². The van der Waals surface area contributed by atoms with Crippen LogP contribution in [-0.2, 0) is 21.9 Å². The lowest BCUT2D eigenvalue weighted by molar-refractivity contribution is -0.143. The summed E-state index contributed by atoms with van der Waals surface area (Å²) in [6, 6.07) is 0.521. The Bertz CT molecular complexity index is 795. The van der Waals surface area contributed by atoms with Gasteiger partial charge in [-0.05, 0) is 38.2 Å². The molecule has 144 valence electrons. The number of carbonyl (C=O) groups is 2. The van der Waals surface area contributed by atoms with Crippen LogP contribution in [0.1, 0.15) is 49.0 Å². The largest absolute Gasteiger partial charge is 0.480 e. The molecule has 0 bridgehead atoms. The second-order valence-electron chi connectivity index (χ2n) is 6.99. The summed E-state index contributed by atoms with van der Waals surface area (Å²) in [6.07, 6.45) is 6.08. The van der Waals surface area contributed by atoms with Crippen molar-refractivity contribution in [3.63, 3.8) is 0 Å². The van der Waals surface area contributed by atoms with E-state index in [-0.39, 0.29) is 10.6 Å². The molecule has 1 atom stereocenters. The lowest BCUT2D eigenvalue weighted by Gasteiger charge is -2.32. The standard InChI is InChI=1S/C17H25N3O5S/c1-18-12-13(26(24,25)19-8-4-2-5-9-19)11-15(18)16(21)20-10-6-3-7-14(20)17(22)23/h11-12,14H,2-10H2,1H3,(H,22,23)/t14-/m1/s1. The molecule has 1 aromatic heterocycles. The average Bonchev–Trinajstić information content (AvgIpc) is 3.04. The van der Waals surface area contributed by atoms with Crippen molar-refractivity contribution in [1.82, 2.24) is 13.8 Å². The van der Waals surface area contributed by atoms with Crippen molar-refractivity contribution in [3.8, 4) is 0 Å². The van der Waals surface area contributed by atoms with Crippen molar-refractivity contribution in [3.05, 3.63) is 18.0 Å². The van der Waals surface area contributed by atoms with E-state index in [0.717, 1.165) is 32.1 Å². The van der Waals surface area contributed by atoms with E-state index < -0.39 is 27.9 Å². The molecule has 2 aliphatic heterocycles. The molecule has 2 saturated heterocycles. The zero-order valence-corrected chi connectivity index (χ0v) is 15.7. The maximum absolute atomic E-state index is 12.9. The first kappa shape index (κ1) is 18.9. The predicted molar refractivity (Wildman–Crippen MR) is 94.3 cm³/mol. The Labute approximate surface area is 153 Å². The Morgan fingerprint density at radius 2 is 1.73 bits per heavy atom. The van der Waals surface area contributed by atoms with Gasteiger partial charge in [-0.1, -0.05) is 6.42 Å². The Kier molecular flexibility index (Phi) is 5.38. The molecule has 9 heteroatoms. The monoisotopic (exact) mass is 383 g/mol. The third-order valence-electron chi connectivity index (χ3n) is 5.20. The number of nitrogens with zero attached hydrogens (tertiary/aromatic N) is 3. The van der Waals surface area contributed by atoms with Crippen molar-refractivity contribution in [2.75, 3.05) is 19.6 Å². The van der Waals surface area contributed by atoms with E-state index in [1.807, 2.05) is 0 Å². The van der Waals surface area contributed by atoms with Gasteiger partial charge < -0.3 is 14.6 Å². The third-order valence-corrected chi connectivity index (χ3v) is 7.06. The van der Waals surface area contributed by atoms with Crippen LogP contribution in [0.4, 0.5) is 0 Å². The van der Waals surface area contributed by atoms with Crippen molar-refractivity contribution in [1.29, 1.82) is 0 Å². The third kappa shape index (κ3) is 3.50. The fourth-order valence-corrected chi connectivity index (χ4v) is 5.31. The molecule has 0 aromatic carbocycles. The minimum absolute atomic E-state index is 0.0918. The number of rotatable bonds is 4. The number of hydrogen-bond donors (Lipinski definition) is 1. The van der Waals surface area contributed by atoms with Crippen LogP contribution < -0.4 is 0 Å². The molecule has 3 heterocycles. The van der Waals surface area contributed by atoms with Crippen molar-refractivity contribution in [2.45, 2.75) is 49.5 Å². The van der Waals surface area contributed by atoms with E-state index >= 15 is 0 Å². The SMILES string of the molecule is Cn1cc(S(=O)(=O)N2CCCCC2)cc1C(=O)N1CCCC[C@@H]1C(=O)O. The number of sulfonamides is 1. The van der Waals surface area contributed by atoms with Crippen LogP contribution in [0.5, 0.6) is 0 Å². The number of piperidine rings is 2. The summed E-state index contributed by atoms with van der Waals surface area (Å²) in [5, 5.41) is 9.38. The second kappa shape index (κ2) is 7.40. The summed E-state index contributed by atoms with van der Waals surface area (Å²) in [5.41, 5.74) is 0.203. The Morgan fingerprint density at radius 1 is 1.08 bits per heavy atom. The lowest BCUT2D eigenvalue weighted by atomic mass is 10.0. The summed E-state index contributed by atoms with van der Waals surface area (Å²) >= 11 is 0. The zero-order valence-electron chi connectivity index (χ0n) is 14.9. The van der Waals surface area contributed by atoms with Gasteiger partial charge in [0.1, 0.15) is 16.6 Å². The highest BCUT2D eigenvalue weighted by Gasteiger charge is 2.35. The Hall–Kier alpha value is -1.87. The van der Waals surface area contributed by atoms with Crippen LogP contribution in [-0.4, -0.2) is 64.8 Å². The molecule has 2 aliphatic rings. The Morgan fingerprint density at radius 3 is 2.38 bits per heavy atom. The molecule has 0 radical (unpaired) electrons. The van der Waals surface area contributed by atoms with Gasteiger partial charge in [0.15, 0.2) is 0 Å². The van der Waals surface area contributed by atoms with Crippen LogP contribution >= 0.6 is 0 Å². The molecule has 8 nitrogen and oxygen atoms in total. The van der Waals surface area contributed by atoms with Crippen LogP contribution in [0.15, 0.2) is 17.2 Å². The number of likely N-dealkylation sites (tertiary alicyclic amines) is 1. The average molecular weight is 383 g/mol. The molecule has 1 amide bonds. The van der Waals surface area contributed by atoms with Crippen LogP contribution in [0, 0.1) is 0 Å². The van der Waals surface area contributed by atoms with Gasteiger partial charge in [0.05, 0.1) is 0 Å². The summed E-state index contributed by atoms with van der Waals surface area (Å²) < 4.78 is 28.6. The molecule has 26 heavy (non-hydrogen) atoms. The topological polar surface area (TPSA) is 99.9 Å². The van der Waals surface area contributed by atoms with Gasteiger partial charge >= 0.3 is 5.97 Å². The lowest BCUT2D eigenvalue weighted by Crippen LogP contribution is -2.48. The second-order valence-corrected chi connectivity index (χ2v) is 8.92. The highest BCUT2D eigenvalue weighted by Crippen LogP contribution is 2.25. The van der Waals surface area contributed by atoms with E-state index in [4.69, 9.17) is 0 Å². The minimum atomic E-state index is -3.63. The summed E-state index contributed by atoms with van der Waals surface area (Å²) in [6.45, 7) is 1.36. The molecule has 0 unspecified atom stereocenters. The van der Waals surface area contributed by atoms with Gasteiger partial charge in [0.2, 0.25) is 10.0 Å². The molecule has 3 rings (SSSR count). The number of carboxylic acid groups (broad SMARTS) is 1. The van der Waals surface area contributed by atoms with E-state index in [0.29, 0.717) is 26.1 Å². The Balaban J connectivity index is 1.87. The summed E-state index contributed by atoms with van der Waals surface area (Å²) in [5.74, 6) is -1.45. The highest BCUT2D eigenvalue weighted by molar-refractivity contribution is 7.89. The number of aryl methyl sites for hydroxylation is 1. The molecule has 1 N–H and O–H groups in total.